The van der Waals surface area contributed by atoms with Crippen LogP contribution in [0.15, 0.2) is 259 Å². The van der Waals surface area contributed by atoms with Crippen molar-refractivity contribution in [2.24, 2.45) is 0 Å². The van der Waals surface area contributed by atoms with Crippen LogP contribution in [0.2, 0.25) is 0 Å². The molecule has 0 spiro atoms. The molecule has 0 aliphatic rings. The van der Waals surface area contributed by atoms with Crippen molar-refractivity contribution in [1.82, 2.24) is 4.57 Å². The maximum atomic E-state index is 6.28. The maximum Gasteiger partial charge on any atom is 0.136 e. The van der Waals surface area contributed by atoms with E-state index >= 15 is 0 Å². The maximum absolute atomic E-state index is 6.28. The Labute approximate surface area is 399 Å². The third kappa shape index (κ3) is 6.51. The Morgan fingerprint density at radius 2 is 0.725 bits per heavy atom. The predicted octanol–water partition coefficient (Wildman–Crippen LogP) is 18.6. The zero-order valence-corrected chi connectivity index (χ0v) is 37.6. The molecule has 0 saturated heterocycles. The van der Waals surface area contributed by atoms with Crippen LogP contribution in [0.5, 0.6) is 0 Å². The number of fused-ring (bicyclic) bond motifs is 11. The average molecular weight is 879 g/mol. The van der Waals surface area contributed by atoms with E-state index in [0.29, 0.717) is 0 Å². The van der Waals surface area contributed by atoms with Gasteiger partial charge >= 0.3 is 0 Å². The lowest BCUT2D eigenvalue weighted by Crippen LogP contribution is -2.09. The van der Waals surface area contributed by atoms with Crippen molar-refractivity contribution in [3.8, 4) is 39.1 Å². The van der Waals surface area contributed by atoms with Gasteiger partial charge in [0, 0.05) is 49.7 Å². The number of aromatic nitrogens is 1. The van der Waals surface area contributed by atoms with Gasteiger partial charge in [0.05, 0.1) is 11.0 Å². The molecule has 322 valence electrons. The molecule has 0 aliphatic heterocycles. The van der Waals surface area contributed by atoms with Gasteiger partial charge in [0.15, 0.2) is 0 Å². The van der Waals surface area contributed by atoms with Gasteiger partial charge in [-0.05, 0) is 139 Å². The summed E-state index contributed by atoms with van der Waals surface area (Å²) in [6.07, 6.45) is 0. The Hall–Kier alpha value is -9.18. The quantitative estimate of drug-likeness (QED) is 0.149. The lowest BCUT2D eigenvalue weighted by Gasteiger charge is -2.26. The summed E-state index contributed by atoms with van der Waals surface area (Å²) in [5.41, 5.74) is 15.6. The summed E-state index contributed by atoms with van der Waals surface area (Å²) >= 11 is 0. The molecule has 0 atom stereocenters. The van der Waals surface area contributed by atoms with Crippen molar-refractivity contribution in [3.63, 3.8) is 0 Å². The first kappa shape index (κ1) is 39.0. The Bertz CT molecular complexity index is 4280. The minimum absolute atomic E-state index is 0.897. The highest BCUT2D eigenvalue weighted by atomic mass is 16.3. The molecular weight excluding hydrogens is 837 g/mol. The second-order valence-corrected chi connectivity index (χ2v) is 18.1. The Kier molecular flexibility index (Phi) is 8.90. The number of hydrogen-bond acceptors (Lipinski definition) is 2. The number of nitrogens with zero attached hydrogens (tertiary/aromatic N) is 2. The SMILES string of the molecule is c1ccc(-n2c3cc(-c4ccc(N(c5ccc(-c6ccc7c(c6)oc6ccccc67)cc5)c5ccc(-c6ccc7ccc8ccccc8c7c6)cc5)cc4)ccc3c3ccc4ccccc4c32)cc1. The fourth-order valence-corrected chi connectivity index (χ4v) is 10.7. The lowest BCUT2D eigenvalue weighted by atomic mass is 9.97. The van der Waals surface area contributed by atoms with Crippen LogP contribution in [0, 0.1) is 0 Å². The first-order valence-electron chi connectivity index (χ1n) is 23.6. The number of anilines is 3. The number of para-hydroxylation sites is 2. The number of hydrogen-bond donors (Lipinski definition) is 0. The topological polar surface area (TPSA) is 21.3 Å². The molecule has 2 heterocycles. The molecule has 3 heteroatoms. The second-order valence-electron chi connectivity index (χ2n) is 18.1. The van der Waals surface area contributed by atoms with Gasteiger partial charge in [-0.2, -0.15) is 0 Å². The molecule has 0 aliphatic carbocycles. The molecule has 3 nitrogen and oxygen atoms in total. The normalized spacial score (nSPS) is 11.8. The monoisotopic (exact) mass is 878 g/mol. The zero-order valence-electron chi connectivity index (χ0n) is 37.6. The van der Waals surface area contributed by atoms with Crippen LogP contribution in [0.25, 0.3) is 115 Å². The van der Waals surface area contributed by atoms with E-state index in [2.05, 4.69) is 252 Å². The van der Waals surface area contributed by atoms with Gasteiger partial charge in [-0.3, -0.25) is 0 Å². The summed E-state index contributed by atoms with van der Waals surface area (Å²) in [7, 11) is 0. The van der Waals surface area contributed by atoms with E-state index in [1.165, 1.54) is 70.8 Å². The highest BCUT2D eigenvalue weighted by molar-refractivity contribution is 6.19. The van der Waals surface area contributed by atoms with Crippen LogP contribution in [0.1, 0.15) is 0 Å². The van der Waals surface area contributed by atoms with Crippen molar-refractivity contribution in [1.29, 1.82) is 0 Å². The molecule has 0 unspecified atom stereocenters. The lowest BCUT2D eigenvalue weighted by molar-refractivity contribution is 0.669. The van der Waals surface area contributed by atoms with E-state index in [-0.39, 0.29) is 0 Å². The van der Waals surface area contributed by atoms with E-state index < -0.39 is 0 Å². The summed E-state index contributed by atoms with van der Waals surface area (Å²) in [6, 6.07) is 92.6. The molecule has 2 aromatic heterocycles. The van der Waals surface area contributed by atoms with E-state index in [9.17, 15) is 0 Å². The van der Waals surface area contributed by atoms with Crippen molar-refractivity contribution >= 4 is 93.1 Å². The van der Waals surface area contributed by atoms with E-state index in [0.717, 1.165) is 61.4 Å². The first-order chi connectivity index (χ1) is 34.2. The molecule has 69 heavy (non-hydrogen) atoms. The Morgan fingerprint density at radius 3 is 1.41 bits per heavy atom. The molecule has 0 fully saturated rings. The molecule has 14 aromatic rings. The third-order valence-electron chi connectivity index (χ3n) is 14.2. The summed E-state index contributed by atoms with van der Waals surface area (Å²) in [6.45, 7) is 0. The minimum atomic E-state index is 0.897. The smallest absolute Gasteiger partial charge is 0.136 e. The van der Waals surface area contributed by atoms with Gasteiger partial charge in [-0.15, -0.1) is 0 Å². The van der Waals surface area contributed by atoms with Crippen molar-refractivity contribution < 1.29 is 4.42 Å². The number of rotatable bonds is 7. The van der Waals surface area contributed by atoms with Gasteiger partial charge in [0.2, 0.25) is 0 Å². The minimum Gasteiger partial charge on any atom is -0.456 e. The van der Waals surface area contributed by atoms with Crippen LogP contribution in [-0.4, -0.2) is 4.57 Å². The van der Waals surface area contributed by atoms with Crippen LogP contribution >= 0.6 is 0 Å². The van der Waals surface area contributed by atoms with Crippen LogP contribution in [0.4, 0.5) is 17.1 Å². The Balaban J connectivity index is 0.858. The fourth-order valence-electron chi connectivity index (χ4n) is 10.7. The third-order valence-corrected chi connectivity index (χ3v) is 14.2. The van der Waals surface area contributed by atoms with Crippen LogP contribution in [0.3, 0.4) is 0 Å². The average Bonchev–Trinajstić information content (AvgIpc) is 3.97. The van der Waals surface area contributed by atoms with Gasteiger partial charge < -0.3 is 13.9 Å². The van der Waals surface area contributed by atoms with Gasteiger partial charge in [0.1, 0.15) is 11.2 Å². The van der Waals surface area contributed by atoms with Gasteiger partial charge in [-0.25, -0.2) is 0 Å². The molecule has 0 bridgehead atoms. The number of benzene rings is 12. The molecule has 0 radical (unpaired) electrons. The highest BCUT2D eigenvalue weighted by Gasteiger charge is 2.18. The summed E-state index contributed by atoms with van der Waals surface area (Å²) < 4.78 is 8.72. The fraction of sp³-hybridized carbons (Fsp3) is 0. The van der Waals surface area contributed by atoms with Crippen molar-refractivity contribution in [3.05, 3.63) is 255 Å². The molecule has 0 saturated carbocycles. The van der Waals surface area contributed by atoms with Crippen LogP contribution in [-0.2, 0) is 0 Å². The predicted molar refractivity (Wildman–Crippen MR) is 292 cm³/mol. The molecule has 0 N–H and O–H groups in total. The molecule has 12 aromatic carbocycles. The van der Waals surface area contributed by atoms with Gasteiger partial charge in [-0.1, -0.05) is 176 Å². The first-order valence-corrected chi connectivity index (χ1v) is 23.6. The molecular formula is C66H42N2O. The van der Waals surface area contributed by atoms with Gasteiger partial charge in [0.25, 0.3) is 0 Å². The van der Waals surface area contributed by atoms with Crippen LogP contribution < -0.4 is 4.90 Å². The number of furan rings is 1. The summed E-state index contributed by atoms with van der Waals surface area (Å²) in [4.78, 5) is 2.36. The van der Waals surface area contributed by atoms with Crippen molar-refractivity contribution in [2.45, 2.75) is 0 Å². The van der Waals surface area contributed by atoms with E-state index in [1.807, 2.05) is 12.1 Å². The summed E-state index contributed by atoms with van der Waals surface area (Å²) in [5, 5.41) is 12.3. The summed E-state index contributed by atoms with van der Waals surface area (Å²) in [5.74, 6) is 0. The molecule has 0 amide bonds. The zero-order chi connectivity index (χ0) is 45.4. The second kappa shape index (κ2) is 15.7. The highest BCUT2D eigenvalue weighted by Crippen LogP contribution is 2.42. The van der Waals surface area contributed by atoms with E-state index in [1.54, 1.807) is 0 Å². The van der Waals surface area contributed by atoms with Crippen molar-refractivity contribution in [2.75, 3.05) is 4.90 Å². The molecule has 14 rings (SSSR count). The largest absolute Gasteiger partial charge is 0.456 e. The standard InChI is InChI=1S/C66H42N2O/c1-2-12-52(13-3-1)68-63-41-50(29-37-58(63)61-39-28-47-11-5-7-15-57(47)66(61)68)44-24-33-54(34-25-44)67(55-35-26-45(27-36-55)51-30-38-60-59-16-8-9-17-64(59)69-65(60)42-51)53-31-22-43(23-32-53)49-21-20-48-19-18-46-10-4-6-14-56(46)62(48)40-49/h1-42H. The Morgan fingerprint density at radius 1 is 0.275 bits per heavy atom. The van der Waals surface area contributed by atoms with E-state index in [4.69, 9.17) is 4.42 Å².